The number of benzene rings is 1. The summed E-state index contributed by atoms with van der Waals surface area (Å²) in [5, 5.41) is 19.1. The summed E-state index contributed by atoms with van der Waals surface area (Å²) in [5.41, 5.74) is 3.30. The van der Waals surface area contributed by atoms with Crippen LogP contribution in [-0.4, -0.2) is 41.4 Å². The van der Waals surface area contributed by atoms with Crippen LogP contribution in [0.3, 0.4) is 0 Å². The van der Waals surface area contributed by atoms with Crippen LogP contribution in [0.2, 0.25) is 0 Å². The fourth-order valence-electron chi connectivity index (χ4n) is 2.07. The highest BCUT2D eigenvalue weighted by molar-refractivity contribution is 5.30. The number of aryl methyl sites for hydroxylation is 2. The summed E-state index contributed by atoms with van der Waals surface area (Å²) in [6.45, 7) is 8.25. The Morgan fingerprint density at radius 3 is 2.24 bits per heavy atom. The molecule has 0 spiro atoms. The minimum Gasteiger partial charge on any atom is -0.395 e. The van der Waals surface area contributed by atoms with Crippen LogP contribution >= 0.6 is 0 Å². The van der Waals surface area contributed by atoms with Crippen LogP contribution in [0, 0.1) is 13.8 Å². The number of hydrogen-bond acceptors (Lipinski definition) is 3. The van der Waals surface area contributed by atoms with Crippen molar-refractivity contribution >= 4 is 0 Å². The van der Waals surface area contributed by atoms with Crippen molar-refractivity contribution in [2.24, 2.45) is 0 Å². The molecule has 0 amide bonds. The van der Waals surface area contributed by atoms with Gasteiger partial charge in [-0.05, 0) is 26.0 Å². The molecule has 0 fully saturated rings. The van der Waals surface area contributed by atoms with Crippen LogP contribution in [0.25, 0.3) is 0 Å². The van der Waals surface area contributed by atoms with Crippen LogP contribution in [-0.2, 0) is 0 Å². The SMILES string of the molecule is CCN(CCO)CC(O)c1cc(C)cc(C)c1. The lowest BCUT2D eigenvalue weighted by Gasteiger charge is -2.23. The molecule has 0 aliphatic carbocycles. The van der Waals surface area contributed by atoms with Crippen molar-refractivity contribution in [2.75, 3.05) is 26.2 Å². The second-order valence-electron chi connectivity index (χ2n) is 4.55. The second kappa shape index (κ2) is 6.74. The van der Waals surface area contributed by atoms with Gasteiger partial charge in [-0.1, -0.05) is 36.2 Å². The maximum absolute atomic E-state index is 10.2. The van der Waals surface area contributed by atoms with Gasteiger partial charge in [0.1, 0.15) is 0 Å². The molecular weight excluding hydrogens is 214 g/mol. The molecule has 3 nitrogen and oxygen atoms in total. The van der Waals surface area contributed by atoms with Gasteiger partial charge in [-0.2, -0.15) is 0 Å². The van der Waals surface area contributed by atoms with Gasteiger partial charge in [-0.3, -0.25) is 4.90 Å². The van der Waals surface area contributed by atoms with Crippen molar-refractivity contribution in [1.82, 2.24) is 4.90 Å². The largest absolute Gasteiger partial charge is 0.395 e. The number of nitrogens with zero attached hydrogens (tertiary/aromatic N) is 1. The first kappa shape index (κ1) is 14.2. The highest BCUT2D eigenvalue weighted by Crippen LogP contribution is 2.17. The van der Waals surface area contributed by atoms with Crippen molar-refractivity contribution in [3.63, 3.8) is 0 Å². The Bertz CT molecular complexity index is 332. The zero-order valence-electron chi connectivity index (χ0n) is 11.0. The van der Waals surface area contributed by atoms with E-state index >= 15 is 0 Å². The normalized spacial score (nSPS) is 13.1. The summed E-state index contributed by atoms with van der Waals surface area (Å²) >= 11 is 0. The molecule has 3 heteroatoms. The highest BCUT2D eigenvalue weighted by atomic mass is 16.3. The predicted octanol–water partition coefficient (Wildman–Crippen LogP) is 1.65. The van der Waals surface area contributed by atoms with Crippen LogP contribution in [0.5, 0.6) is 0 Å². The van der Waals surface area contributed by atoms with E-state index in [0.29, 0.717) is 13.1 Å². The molecule has 0 aromatic heterocycles. The standard InChI is InChI=1S/C14H23NO2/c1-4-15(5-6-16)10-14(17)13-8-11(2)7-12(3)9-13/h7-9,14,16-17H,4-6,10H2,1-3H3. The van der Waals surface area contributed by atoms with E-state index in [1.54, 1.807) is 0 Å². The summed E-state index contributed by atoms with van der Waals surface area (Å²) in [6, 6.07) is 6.14. The van der Waals surface area contributed by atoms with E-state index in [9.17, 15) is 5.11 Å². The number of likely N-dealkylation sites (N-methyl/N-ethyl adjacent to an activating group) is 1. The number of aliphatic hydroxyl groups excluding tert-OH is 2. The van der Waals surface area contributed by atoms with Crippen LogP contribution in [0.1, 0.15) is 29.7 Å². The maximum Gasteiger partial charge on any atom is 0.0917 e. The van der Waals surface area contributed by atoms with Gasteiger partial charge in [0.05, 0.1) is 12.7 Å². The van der Waals surface area contributed by atoms with E-state index in [2.05, 4.69) is 6.07 Å². The maximum atomic E-state index is 10.2. The average Bonchev–Trinajstić information content (AvgIpc) is 2.27. The van der Waals surface area contributed by atoms with Gasteiger partial charge in [0.25, 0.3) is 0 Å². The van der Waals surface area contributed by atoms with E-state index < -0.39 is 6.10 Å². The highest BCUT2D eigenvalue weighted by Gasteiger charge is 2.12. The average molecular weight is 237 g/mol. The quantitative estimate of drug-likeness (QED) is 0.790. The Balaban J connectivity index is 2.71. The van der Waals surface area contributed by atoms with Gasteiger partial charge in [-0.25, -0.2) is 0 Å². The van der Waals surface area contributed by atoms with Crippen molar-refractivity contribution < 1.29 is 10.2 Å². The number of hydrogen-bond donors (Lipinski definition) is 2. The Kier molecular flexibility index (Phi) is 5.62. The molecule has 0 radical (unpaired) electrons. The van der Waals surface area contributed by atoms with E-state index in [0.717, 1.165) is 12.1 Å². The molecule has 1 unspecified atom stereocenters. The summed E-state index contributed by atoms with van der Waals surface area (Å²) in [7, 11) is 0. The molecule has 1 aromatic carbocycles. The van der Waals surface area contributed by atoms with Gasteiger partial charge >= 0.3 is 0 Å². The second-order valence-corrected chi connectivity index (χ2v) is 4.55. The van der Waals surface area contributed by atoms with Crippen molar-refractivity contribution in [3.05, 3.63) is 34.9 Å². The van der Waals surface area contributed by atoms with E-state index in [-0.39, 0.29) is 6.61 Å². The van der Waals surface area contributed by atoms with Gasteiger partial charge in [0.15, 0.2) is 0 Å². The van der Waals surface area contributed by atoms with Crippen molar-refractivity contribution in [1.29, 1.82) is 0 Å². The molecule has 0 heterocycles. The summed E-state index contributed by atoms with van der Waals surface area (Å²) in [6.07, 6.45) is -0.486. The predicted molar refractivity (Wildman–Crippen MR) is 70.1 cm³/mol. The van der Waals surface area contributed by atoms with Crippen LogP contribution < -0.4 is 0 Å². The van der Waals surface area contributed by atoms with Crippen molar-refractivity contribution in [2.45, 2.75) is 26.9 Å². The van der Waals surface area contributed by atoms with Gasteiger partial charge in [0, 0.05) is 13.1 Å². The monoisotopic (exact) mass is 237 g/mol. The van der Waals surface area contributed by atoms with Crippen LogP contribution in [0.4, 0.5) is 0 Å². The van der Waals surface area contributed by atoms with E-state index in [1.807, 2.05) is 37.8 Å². The Morgan fingerprint density at radius 2 is 1.76 bits per heavy atom. The molecule has 1 atom stereocenters. The van der Waals surface area contributed by atoms with Gasteiger partial charge in [-0.15, -0.1) is 0 Å². The molecular formula is C14H23NO2. The third kappa shape index (κ3) is 4.46. The molecule has 0 aliphatic heterocycles. The number of aliphatic hydroxyl groups is 2. The molecule has 0 bridgehead atoms. The molecule has 1 rings (SSSR count). The Morgan fingerprint density at radius 1 is 1.18 bits per heavy atom. The fourth-order valence-corrected chi connectivity index (χ4v) is 2.07. The minimum atomic E-state index is -0.486. The van der Waals surface area contributed by atoms with Crippen molar-refractivity contribution in [3.8, 4) is 0 Å². The summed E-state index contributed by atoms with van der Waals surface area (Å²) < 4.78 is 0. The molecule has 96 valence electrons. The Labute approximate surface area is 104 Å². The first-order valence-corrected chi connectivity index (χ1v) is 6.16. The number of rotatable bonds is 6. The lowest BCUT2D eigenvalue weighted by Crippen LogP contribution is -2.31. The smallest absolute Gasteiger partial charge is 0.0917 e. The molecule has 0 aliphatic rings. The topological polar surface area (TPSA) is 43.7 Å². The zero-order valence-corrected chi connectivity index (χ0v) is 11.0. The molecule has 0 saturated heterocycles. The third-order valence-electron chi connectivity index (χ3n) is 2.92. The first-order valence-electron chi connectivity index (χ1n) is 6.16. The lowest BCUT2D eigenvalue weighted by atomic mass is 10.0. The van der Waals surface area contributed by atoms with Gasteiger partial charge < -0.3 is 10.2 Å². The third-order valence-corrected chi connectivity index (χ3v) is 2.92. The summed E-state index contributed by atoms with van der Waals surface area (Å²) in [4.78, 5) is 2.04. The zero-order chi connectivity index (χ0) is 12.8. The molecule has 2 N–H and O–H groups in total. The van der Waals surface area contributed by atoms with E-state index in [4.69, 9.17) is 5.11 Å². The summed E-state index contributed by atoms with van der Waals surface area (Å²) in [5.74, 6) is 0. The van der Waals surface area contributed by atoms with E-state index in [1.165, 1.54) is 11.1 Å². The lowest BCUT2D eigenvalue weighted by molar-refractivity contribution is 0.103. The minimum absolute atomic E-state index is 0.132. The van der Waals surface area contributed by atoms with Crippen LogP contribution in [0.15, 0.2) is 18.2 Å². The molecule has 17 heavy (non-hydrogen) atoms. The fraction of sp³-hybridized carbons (Fsp3) is 0.571. The van der Waals surface area contributed by atoms with Gasteiger partial charge in [0.2, 0.25) is 0 Å². The Hall–Kier alpha value is -0.900. The molecule has 0 saturated carbocycles. The first-order chi connectivity index (χ1) is 8.06. The molecule has 1 aromatic rings.